The average Bonchev–Trinajstić information content (AvgIpc) is 2.38. The minimum atomic E-state index is 0.0495. The van der Waals surface area contributed by atoms with Crippen LogP contribution < -0.4 is 14.2 Å². The lowest BCUT2D eigenvalue weighted by Crippen LogP contribution is -1.98. The molecule has 1 aromatic carbocycles. The zero-order chi connectivity index (χ0) is 13.3. The Morgan fingerprint density at radius 1 is 1.00 bits per heavy atom. The number of fused-ring (bicyclic) bond motifs is 1. The Labute approximate surface area is 114 Å². The molecule has 0 unspecified atom stereocenters. The van der Waals surface area contributed by atoms with E-state index in [1.165, 1.54) is 21.3 Å². The third-order valence-corrected chi connectivity index (χ3v) is 2.86. The largest absolute Gasteiger partial charge is 0.493 e. The highest BCUT2D eigenvalue weighted by atomic mass is 35.5. The van der Waals surface area contributed by atoms with Gasteiger partial charge in [-0.2, -0.15) is 4.98 Å². The molecule has 0 saturated carbocycles. The van der Waals surface area contributed by atoms with Crippen molar-refractivity contribution in [2.24, 2.45) is 0 Å². The van der Waals surface area contributed by atoms with Crippen molar-refractivity contribution in [3.63, 3.8) is 0 Å². The average molecular weight is 289 g/mol. The minimum Gasteiger partial charge on any atom is -0.493 e. The normalized spacial score (nSPS) is 10.5. The molecular weight excluding hydrogens is 279 g/mol. The number of hydrogen-bond acceptors (Lipinski definition) is 5. The van der Waals surface area contributed by atoms with Gasteiger partial charge in [-0.3, -0.25) is 0 Å². The number of nitrogens with zero attached hydrogens (tertiary/aromatic N) is 2. The molecular formula is C11H10Cl2N2O3. The zero-order valence-electron chi connectivity index (χ0n) is 9.95. The van der Waals surface area contributed by atoms with Crippen LogP contribution in [0.2, 0.25) is 10.3 Å². The first kappa shape index (κ1) is 13.0. The third-order valence-electron chi connectivity index (χ3n) is 2.40. The number of rotatable bonds is 3. The molecule has 0 bridgehead atoms. The number of hydrogen-bond donors (Lipinski definition) is 0. The smallest absolute Gasteiger partial charge is 0.229 e. The van der Waals surface area contributed by atoms with Gasteiger partial charge in [0.2, 0.25) is 11.2 Å². The molecule has 0 aliphatic rings. The monoisotopic (exact) mass is 288 g/mol. The minimum absolute atomic E-state index is 0.0495. The molecule has 18 heavy (non-hydrogen) atoms. The summed E-state index contributed by atoms with van der Waals surface area (Å²) >= 11 is 11.9. The van der Waals surface area contributed by atoms with E-state index in [0.717, 1.165) is 0 Å². The molecule has 5 nitrogen and oxygen atoms in total. The molecule has 7 heteroatoms. The standard InChI is InChI=1S/C11H10Cl2N2O3/c1-16-6-4-5(12)8-7(9(6)17-2)10(18-3)15-11(13)14-8/h4H,1-3H3. The van der Waals surface area contributed by atoms with Gasteiger partial charge in [0.25, 0.3) is 0 Å². The molecule has 0 radical (unpaired) electrons. The summed E-state index contributed by atoms with van der Waals surface area (Å²) in [6, 6.07) is 1.60. The van der Waals surface area contributed by atoms with Gasteiger partial charge in [-0.25, -0.2) is 4.98 Å². The molecule has 0 aliphatic heterocycles. The summed E-state index contributed by atoms with van der Waals surface area (Å²) in [6.07, 6.45) is 0. The van der Waals surface area contributed by atoms with E-state index in [1.54, 1.807) is 6.07 Å². The Bertz CT molecular complexity index is 605. The topological polar surface area (TPSA) is 53.5 Å². The SMILES string of the molecule is COc1cc(Cl)c2nc(Cl)nc(OC)c2c1OC. The van der Waals surface area contributed by atoms with Crippen LogP contribution in [-0.2, 0) is 0 Å². The Hall–Kier alpha value is -1.46. The number of benzene rings is 1. The van der Waals surface area contributed by atoms with Crippen LogP contribution in [0.1, 0.15) is 0 Å². The molecule has 1 heterocycles. The second kappa shape index (κ2) is 5.04. The maximum absolute atomic E-state index is 6.13. The first-order chi connectivity index (χ1) is 8.62. The van der Waals surface area contributed by atoms with Gasteiger partial charge in [0, 0.05) is 6.07 Å². The summed E-state index contributed by atoms with van der Waals surface area (Å²) in [5.41, 5.74) is 0.450. The molecule has 0 amide bonds. The lowest BCUT2D eigenvalue weighted by molar-refractivity contribution is 0.355. The van der Waals surface area contributed by atoms with Crippen LogP contribution >= 0.6 is 23.2 Å². The molecule has 96 valence electrons. The van der Waals surface area contributed by atoms with Crippen molar-refractivity contribution in [3.05, 3.63) is 16.4 Å². The Kier molecular flexibility index (Phi) is 3.63. The Balaban J connectivity index is 2.95. The predicted molar refractivity (Wildman–Crippen MR) is 69.2 cm³/mol. The summed E-state index contributed by atoms with van der Waals surface area (Å²) < 4.78 is 15.7. The molecule has 0 saturated heterocycles. The van der Waals surface area contributed by atoms with Gasteiger partial charge in [0.05, 0.1) is 26.4 Å². The van der Waals surface area contributed by atoms with Gasteiger partial charge in [-0.05, 0) is 11.6 Å². The van der Waals surface area contributed by atoms with E-state index in [-0.39, 0.29) is 11.2 Å². The van der Waals surface area contributed by atoms with Crippen LogP contribution in [0.3, 0.4) is 0 Å². The molecule has 0 atom stereocenters. The van der Waals surface area contributed by atoms with Crippen molar-refractivity contribution < 1.29 is 14.2 Å². The first-order valence-corrected chi connectivity index (χ1v) is 5.69. The second-order valence-electron chi connectivity index (χ2n) is 3.32. The summed E-state index contributed by atoms with van der Waals surface area (Å²) in [7, 11) is 4.51. The summed E-state index contributed by atoms with van der Waals surface area (Å²) in [4.78, 5) is 8.06. The molecule has 0 aliphatic carbocycles. The van der Waals surface area contributed by atoms with E-state index in [9.17, 15) is 0 Å². The van der Waals surface area contributed by atoms with Crippen LogP contribution in [0.5, 0.6) is 17.4 Å². The second-order valence-corrected chi connectivity index (χ2v) is 4.06. The van der Waals surface area contributed by atoms with Crippen molar-refractivity contribution in [2.45, 2.75) is 0 Å². The van der Waals surface area contributed by atoms with Gasteiger partial charge in [-0.1, -0.05) is 11.6 Å². The van der Waals surface area contributed by atoms with Crippen molar-refractivity contribution >= 4 is 34.1 Å². The zero-order valence-corrected chi connectivity index (χ0v) is 11.5. The Morgan fingerprint density at radius 3 is 2.28 bits per heavy atom. The van der Waals surface area contributed by atoms with Crippen LogP contribution in [0.25, 0.3) is 10.9 Å². The highest BCUT2D eigenvalue weighted by molar-refractivity contribution is 6.36. The van der Waals surface area contributed by atoms with E-state index in [4.69, 9.17) is 37.4 Å². The maximum atomic E-state index is 6.13. The van der Waals surface area contributed by atoms with Crippen molar-refractivity contribution in [2.75, 3.05) is 21.3 Å². The van der Waals surface area contributed by atoms with Crippen LogP contribution in [0.4, 0.5) is 0 Å². The molecule has 1 aromatic heterocycles. The lowest BCUT2D eigenvalue weighted by atomic mass is 10.2. The summed E-state index contributed by atoms with van der Waals surface area (Å²) in [5, 5.41) is 0.951. The number of ether oxygens (including phenoxy) is 3. The van der Waals surface area contributed by atoms with Gasteiger partial charge >= 0.3 is 0 Å². The predicted octanol–water partition coefficient (Wildman–Crippen LogP) is 2.96. The highest BCUT2D eigenvalue weighted by Gasteiger charge is 2.19. The van der Waals surface area contributed by atoms with Gasteiger partial charge in [0.15, 0.2) is 11.5 Å². The molecule has 0 spiro atoms. The fourth-order valence-corrected chi connectivity index (χ4v) is 2.06. The van der Waals surface area contributed by atoms with Crippen molar-refractivity contribution in [1.82, 2.24) is 9.97 Å². The van der Waals surface area contributed by atoms with E-state index < -0.39 is 0 Å². The van der Waals surface area contributed by atoms with E-state index in [1.807, 2.05) is 0 Å². The number of methoxy groups -OCH3 is 3. The van der Waals surface area contributed by atoms with E-state index >= 15 is 0 Å². The fraction of sp³-hybridized carbons (Fsp3) is 0.273. The number of halogens is 2. The quantitative estimate of drug-likeness (QED) is 0.813. The van der Waals surface area contributed by atoms with Gasteiger partial charge in [0.1, 0.15) is 10.9 Å². The number of aromatic nitrogens is 2. The fourth-order valence-electron chi connectivity index (χ4n) is 1.67. The van der Waals surface area contributed by atoms with Crippen molar-refractivity contribution in [1.29, 1.82) is 0 Å². The molecule has 2 rings (SSSR count). The van der Waals surface area contributed by atoms with E-state index in [2.05, 4.69) is 9.97 Å². The summed E-state index contributed by atoms with van der Waals surface area (Å²) in [5.74, 6) is 1.20. The first-order valence-electron chi connectivity index (χ1n) is 4.94. The van der Waals surface area contributed by atoms with Crippen LogP contribution in [0.15, 0.2) is 6.07 Å². The maximum Gasteiger partial charge on any atom is 0.229 e. The molecule has 2 aromatic rings. The molecule has 0 N–H and O–H groups in total. The van der Waals surface area contributed by atoms with Crippen molar-refractivity contribution in [3.8, 4) is 17.4 Å². The highest BCUT2D eigenvalue weighted by Crippen LogP contribution is 2.43. The molecule has 0 fully saturated rings. The third kappa shape index (κ3) is 2.00. The van der Waals surface area contributed by atoms with E-state index in [0.29, 0.717) is 27.4 Å². The summed E-state index contributed by atoms with van der Waals surface area (Å²) in [6.45, 7) is 0. The van der Waals surface area contributed by atoms with Crippen LogP contribution in [0, 0.1) is 0 Å². The van der Waals surface area contributed by atoms with Crippen LogP contribution in [-0.4, -0.2) is 31.3 Å². The Morgan fingerprint density at radius 2 is 1.72 bits per heavy atom. The lowest BCUT2D eigenvalue weighted by Gasteiger charge is -2.13. The van der Waals surface area contributed by atoms with Gasteiger partial charge in [-0.15, -0.1) is 0 Å². The van der Waals surface area contributed by atoms with Gasteiger partial charge < -0.3 is 14.2 Å².